The van der Waals surface area contributed by atoms with Gasteiger partial charge in [-0.05, 0) is 23.8 Å². The van der Waals surface area contributed by atoms with Crippen molar-refractivity contribution in [2.45, 2.75) is 55.7 Å². The lowest BCUT2D eigenvalue weighted by atomic mass is 10.0. The van der Waals surface area contributed by atoms with Crippen molar-refractivity contribution >= 4 is 17.5 Å². The Morgan fingerprint density at radius 3 is 2.46 bits per heavy atom. The van der Waals surface area contributed by atoms with Crippen LogP contribution < -0.4 is 27.0 Å². The molecule has 0 saturated carbocycles. The number of aliphatic hydroxyl groups excluding tert-OH is 3. The number of H-pyrrole nitrogens is 1. The van der Waals surface area contributed by atoms with Crippen molar-refractivity contribution in [3.8, 4) is 5.75 Å². The molecule has 2 aliphatic rings. The van der Waals surface area contributed by atoms with Crippen LogP contribution in [-0.4, -0.2) is 86.7 Å². The van der Waals surface area contributed by atoms with Crippen LogP contribution in [0.25, 0.3) is 0 Å². The van der Waals surface area contributed by atoms with Crippen LogP contribution in [0.5, 0.6) is 5.75 Å². The highest BCUT2D eigenvalue weighted by molar-refractivity contribution is 6.03. The van der Waals surface area contributed by atoms with Gasteiger partial charge in [-0.25, -0.2) is 4.79 Å². The lowest BCUT2D eigenvalue weighted by molar-refractivity contribution is -0.241. The molecule has 0 bridgehead atoms. The zero-order chi connectivity index (χ0) is 33.0. The van der Waals surface area contributed by atoms with Gasteiger partial charge in [0.2, 0.25) is 12.2 Å². The predicted octanol–water partition coefficient (Wildman–Crippen LogP) is -1.14. The van der Waals surface area contributed by atoms with Crippen molar-refractivity contribution in [1.29, 1.82) is 0 Å². The van der Waals surface area contributed by atoms with Crippen LogP contribution in [0, 0.1) is 0 Å². The number of amides is 2. The standard InChI is InChI=1S/C30H32N4O12/c1-42-23-22(38)28(34-12-11-20(36)33-30(34)41)45-24(23)25(26(31)39)46-29-21(37)17(35)13-19(44-29)27(40)32-16-9-5-6-10-18(16)43-14-15-7-3-2-4-8-15/h2-13,17,21-25,28-29,35,37-38H,14H2,1H3,(H2,31,39)(H,32,40)(H,33,36,41)/t17-,21-,22+,23-,24-,25+,28+,29+/m0/s1. The average Bonchev–Trinajstić information content (AvgIpc) is 3.36. The number of benzene rings is 2. The largest absolute Gasteiger partial charge is 0.487 e. The molecule has 7 N–H and O–H groups in total. The highest BCUT2D eigenvalue weighted by Gasteiger charge is 2.52. The van der Waals surface area contributed by atoms with E-state index < -0.39 is 78.0 Å². The topological polar surface area (TPSA) is 234 Å². The van der Waals surface area contributed by atoms with Gasteiger partial charge in [0.15, 0.2) is 18.1 Å². The van der Waals surface area contributed by atoms with E-state index in [1.165, 1.54) is 7.11 Å². The van der Waals surface area contributed by atoms with Gasteiger partial charge in [0.25, 0.3) is 11.5 Å². The van der Waals surface area contributed by atoms with Crippen LogP contribution >= 0.6 is 0 Å². The Morgan fingerprint density at radius 1 is 1.04 bits per heavy atom. The Bertz CT molecular complexity index is 1690. The van der Waals surface area contributed by atoms with E-state index in [2.05, 4.69) is 5.32 Å². The quantitative estimate of drug-likeness (QED) is 0.146. The van der Waals surface area contributed by atoms with Crippen LogP contribution in [-0.2, 0) is 35.1 Å². The number of para-hydroxylation sites is 2. The molecule has 3 aromatic rings. The van der Waals surface area contributed by atoms with Gasteiger partial charge in [-0.15, -0.1) is 0 Å². The second-order valence-corrected chi connectivity index (χ2v) is 10.4. The molecule has 0 radical (unpaired) electrons. The number of ether oxygens (including phenoxy) is 5. The summed E-state index contributed by atoms with van der Waals surface area (Å²) in [6.07, 6.45) is -10.9. The van der Waals surface area contributed by atoms with Crippen LogP contribution in [0.4, 0.5) is 5.69 Å². The van der Waals surface area contributed by atoms with Gasteiger partial charge in [-0.2, -0.15) is 0 Å². The second kappa shape index (κ2) is 14.1. The summed E-state index contributed by atoms with van der Waals surface area (Å²) in [5.74, 6) is -2.11. The summed E-state index contributed by atoms with van der Waals surface area (Å²) in [7, 11) is 1.20. The molecule has 0 spiro atoms. The van der Waals surface area contributed by atoms with Crippen molar-refractivity contribution in [2.24, 2.45) is 5.73 Å². The maximum absolute atomic E-state index is 13.2. The number of aliphatic hydroxyl groups is 3. The molecule has 2 aromatic carbocycles. The fraction of sp³-hybridized carbons (Fsp3) is 0.333. The fourth-order valence-corrected chi connectivity index (χ4v) is 5.00. The molecule has 0 unspecified atom stereocenters. The van der Waals surface area contributed by atoms with Crippen molar-refractivity contribution in [3.05, 3.63) is 105 Å². The summed E-state index contributed by atoms with van der Waals surface area (Å²) in [5, 5.41) is 34.7. The van der Waals surface area contributed by atoms with E-state index in [0.29, 0.717) is 5.75 Å². The SMILES string of the molecule is CO[C@H]1[C@@H](O)[C@H](n2ccc(=O)[nH]c2=O)O[C@@H]1[C@@H](O[C@H]1OC(C(=O)Nc2ccccc2OCc2ccccc2)=C[C@H](O)[C@@H]1O)C(N)=O. The Balaban J connectivity index is 1.31. The first-order valence-electron chi connectivity index (χ1n) is 14.0. The molecular formula is C30H32N4O12. The zero-order valence-electron chi connectivity index (χ0n) is 24.3. The molecular weight excluding hydrogens is 608 g/mol. The van der Waals surface area contributed by atoms with E-state index in [1.54, 1.807) is 24.3 Å². The lowest BCUT2D eigenvalue weighted by Crippen LogP contribution is -2.53. The number of carbonyl (C=O) groups excluding carboxylic acids is 2. The molecule has 16 nitrogen and oxygen atoms in total. The third-order valence-corrected chi connectivity index (χ3v) is 7.30. The van der Waals surface area contributed by atoms with Gasteiger partial charge in [-0.3, -0.25) is 23.9 Å². The molecule has 16 heteroatoms. The third kappa shape index (κ3) is 7.02. The number of primary amides is 1. The van der Waals surface area contributed by atoms with Crippen LogP contribution in [0.3, 0.4) is 0 Å². The third-order valence-electron chi connectivity index (χ3n) is 7.30. The molecule has 0 aliphatic carbocycles. The highest BCUT2D eigenvalue weighted by atomic mass is 16.7. The summed E-state index contributed by atoms with van der Waals surface area (Å²) in [6.45, 7) is 0.223. The van der Waals surface area contributed by atoms with Gasteiger partial charge < -0.3 is 50.1 Å². The van der Waals surface area contributed by atoms with Crippen LogP contribution in [0.1, 0.15) is 11.8 Å². The van der Waals surface area contributed by atoms with Gasteiger partial charge in [0.05, 0.1) is 5.69 Å². The average molecular weight is 641 g/mol. The van der Waals surface area contributed by atoms with E-state index >= 15 is 0 Å². The summed E-state index contributed by atoms with van der Waals surface area (Å²) < 4.78 is 29.0. The maximum atomic E-state index is 13.2. The first-order valence-corrected chi connectivity index (χ1v) is 14.0. The zero-order valence-corrected chi connectivity index (χ0v) is 24.3. The second-order valence-electron chi connectivity index (χ2n) is 10.4. The Morgan fingerprint density at radius 2 is 1.76 bits per heavy atom. The molecule has 244 valence electrons. The van der Waals surface area contributed by atoms with E-state index in [-0.39, 0.29) is 12.3 Å². The Labute approximate surface area is 260 Å². The number of rotatable bonds is 11. The molecule has 5 rings (SSSR count). The number of nitrogens with zero attached hydrogens (tertiary/aromatic N) is 1. The minimum atomic E-state index is -1.84. The summed E-state index contributed by atoms with van der Waals surface area (Å²) in [6, 6.07) is 17.0. The monoisotopic (exact) mass is 640 g/mol. The molecule has 1 aromatic heterocycles. The summed E-state index contributed by atoms with van der Waals surface area (Å²) in [4.78, 5) is 51.7. The molecule has 1 fully saturated rings. The van der Waals surface area contributed by atoms with Gasteiger partial charge in [0.1, 0.15) is 42.9 Å². The highest BCUT2D eigenvalue weighted by Crippen LogP contribution is 2.34. The summed E-state index contributed by atoms with van der Waals surface area (Å²) >= 11 is 0. The lowest BCUT2D eigenvalue weighted by Gasteiger charge is -2.35. The molecule has 2 aliphatic heterocycles. The van der Waals surface area contributed by atoms with E-state index in [4.69, 9.17) is 29.4 Å². The van der Waals surface area contributed by atoms with E-state index in [1.807, 2.05) is 35.3 Å². The number of carbonyl (C=O) groups is 2. The Hall–Kier alpha value is -4.84. The van der Waals surface area contributed by atoms with Crippen molar-refractivity contribution in [3.63, 3.8) is 0 Å². The van der Waals surface area contributed by atoms with Gasteiger partial charge in [0, 0.05) is 19.4 Å². The molecule has 2 amide bonds. The maximum Gasteiger partial charge on any atom is 0.330 e. The molecule has 3 heterocycles. The van der Waals surface area contributed by atoms with Crippen LogP contribution in [0.2, 0.25) is 0 Å². The number of aromatic nitrogens is 2. The van der Waals surface area contributed by atoms with Gasteiger partial charge >= 0.3 is 5.69 Å². The molecule has 1 saturated heterocycles. The number of aromatic amines is 1. The minimum Gasteiger partial charge on any atom is -0.487 e. The number of hydrogen-bond acceptors (Lipinski definition) is 12. The number of nitrogens with two attached hydrogens (primary N) is 1. The van der Waals surface area contributed by atoms with Crippen LogP contribution in [0.15, 0.2) is 88.3 Å². The molecule has 8 atom stereocenters. The van der Waals surface area contributed by atoms with Crippen molar-refractivity contribution < 1.29 is 48.6 Å². The number of hydrogen-bond donors (Lipinski definition) is 6. The van der Waals surface area contributed by atoms with Gasteiger partial charge in [-0.1, -0.05) is 42.5 Å². The smallest absolute Gasteiger partial charge is 0.330 e. The first kappa shape index (κ1) is 32.6. The minimum absolute atomic E-state index is 0.223. The number of anilines is 1. The number of methoxy groups -OCH3 is 1. The Kier molecular flexibility index (Phi) is 9.96. The van der Waals surface area contributed by atoms with Crippen molar-refractivity contribution in [1.82, 2.24) is 9.55 Å². The molecule has 46 heavy (non-hydrogen) atoms. The van der Waals surface area contributed by atoms with E-state index in [9.17, 15) is 34.5 Å². The van der Waals surface area contributed by atoms with E-state index in [0.717, 1.165) is 28.5 Å². The predicted molar refractivity (Wildman–Crippen MR) is 157 cm³/mol. The number of nitrogens with one attached hydrogen (secondary N) is 2. The summed E-state index contributed by atoms with van der Waals surface area (Å²) in [5.41, 5.74) is 5.16. The van der Waals surface area contributed by atoms with Crippen molar-refractivity contribution in [2.75, 3.05) is 12.4 Å². The first-order chi connectivity index (χ1) is 22.1. The normalized spacial score (nSPS) is 26.4. The fourth-order valence-electron chi connectivity index (χ4n) is 5.00.